The monoisotopic (exact) mass is 285 g/mol. The lowest BCUT2D eigenvalue weighted by atomic mass is 9.92. The number of halogens is 2. The summed E-state index contributed by atoms with van der Waals surface area (Å²) in [6.45, 7) is 3.10. The summed E-state index contributed by atoms with van der Waals surface area (Å²) in [4.78, 5) is 0. The molecule has 4 heteroatoms. The molecular formula is C15H21F2NS. The van der Waals surface area contributed by atoms with Crippen LogP contribution in [0.4, 0.5) is 8.78 Å². The van der Waals surface area contributed by atoms with Gasteiger partial charge in [-0.1, -0.05) is 6.92 Å². The van der Waals surface area contributed by atoms with E-state index < -0.39 is 11.6 Å². The number of hydrogen-bond acceptors (Lipinski definition) is 2. The smallest absolute Gasteiger partial charge is 0.126 e. The zero-order chi connectivity index (χ0) is 13.7. The summed E-state index contributed by atoms with van der Waals surface area (Å²) in [5, 5.41) is 3.54. The minimum Gasteiger partial charge on any atom is -0.313 e. The molecule has 1 aliphatic rings. The Morgan fingerprint density at radius 2 is 2.05 bits per heavy atom. The molecule has 0 amide bonds. The molecule has 1 heterocycles. The minimum atomic E-state index is -0.481. The van der Waals surface area contributed by atoms with Gasteiger partial charge in [0.05, 0.1) is 0 Å². The van der Waals surface area contributed by atoms with Crippen LogP contribution in [0.2, 0.25) is 0 Å². The quantitative estimate of drug-likeness (QED) is 0.856. The van der Waals surface area contributed by atoms with E-state index in [1.165, 1.54) is 24.3 Å². The fourth-order valence-corrected chi connectivity index (χ4v) is 3.93. The Hall–Kier alpha value is -0.610. The highest BCUT2D eigenvalue weighted by molar-refractivity contribution is 7.99. The molecule has 0 aliphatic carbocycles. The minimum absolute atomic E-state index is 0.330. The molecule has 0 spiro atoms. The van der Waals surface area contributed by atoms with Crippen LogP contribution in [0, 0.1) is 17.6 Å². The summed E-state index contributed by atoms with van der Waals surface area (Å²) < 4.78 is 26.5. The van der Waals surface area contributed by atoms with Crippen molar-refractivity contribution in [1.82, 2.24) is 5.32 Å². The van der Waals surface area contributed by atoms with E-state index >= 15 is 0 Å². The summed E-state index contributed by atoms with van der Waals surface area (Å²) in [5.74, 6) is 2.00. The molecule has 0 saturated carbocycles. The summed E-state index contributed by atoms with van der Waals surface area (Å²) in [6, 6.07) is 4.16. The molecule has 2 rings (SSSR count). The lowest BCUT2D eigenvalue weighted by Gasteiger charge is -2.24. The average molecular weight is 285 g/mol. The molecule has 1 aromatic rings. The summed E-state index contributed by atoms with van der Waals surface area (Å²) in [5.41, 5.74) is 0.753. The summed E-state index contributed by atoms with van der Waals surface area (Å²) >= 11 is 1.97. The first-order valence-electron chi connectivity index (χ1n) is 6.95. The molecule has 1 aliphatic heterocycles. The summed E-state index contributed by atoms with van der Waals surface area (Å²) in [6.07, 6.45) is 2.98. The maximum Gasteiger partial charge on any atom is 0.126 e. The number of thioether (sulfide) groups is 1. The van der Waals surface area contributed by atoms with Gasteiger partial charge in [0, 0.05) is 12.1 Å². The zero-order valence-electron chi connectivity index (χ0n) is 11.3. The van der Waals surface area contributed by atoms with Crippen LogP contribution in [0.5, 0.6) is 0 Å². The molecular weight excluding hydrogens is 264 g/mol. The van der Waals surface area contributed by atoms with Gasteiger partial charge in [0.2, 0.25) is 0 Å². The van der Waals surface area contributed by atoms with Crippen molar-refractivity contribution in [3.8, 4) is 0 Å². The molecule has 2 unspecified atom stereocenters. The summed E-state index contributed by atoms with van der Waals surface area (Å²) in [7, 11) is 0. The SMILES string of the molecule is CCCNC(Cc1cc(F)cc(F)c1)C1CCSC1. The topological polar surface area (TPSA) is 12.0 Å². The van der Waals surface area contributed by atoms with Crippen LogP contribution in [0.3, 0.4) is 0 Å². The third-order valence-electron chi connectivity index (χ3n) is 3.57. The van der Waals surface area contributed by atoms with Gasteiger partial charge in [-0.05, 0) is 60.9 Å². The van der Waals surface area contributed by atoms with Gasteiger partial charge >= 0.3 is 0 Å². The second-order valence-electron chi connectivity index (χ2n) is 5.17. The van der Waals surface area contributed by atoms with Crippen LogP contribution in [0.25, 0.3) is 0 Å². The fraction of sp³-hybridized carbons (Fsp3) is 0.600. The Kier molecular flexibility index (Phi) is 5.64. The second-order valence-corrected chi connectivity index (χ2v) is 6.32. The lowest BCUT2D eigenvalue weighted by molar-refractivity contribution is 0.379. The predicted octanol–water partition coefficient (Wildman–Crippen LogP) is 3.63. The normalized spacial score (nSPS) is 20.7. The number of hydrogen-bond donors (Lipinski definition) is 1. The third kappa shape index (κ3) is 4.46. The van der Waals surface area contributed by atoms with Gasteiger partial charge in [0.1, 0.15) is 11.6 Å². The largest absolute Gasteiger partial charge is 0.313 e. The van der Waals surface area contributed by atoms with Crippen molar-refractivity contribution < 1.29 is 8.78 Å². The van der Waals surface area contributed by atoms with Gasteiger partial charge in [-0.15, -0.1) is 0 Å². The molecule has 0 aromatic heterocycles. The van der Waals surface area contributed by atoms with Gasteiger partial charge in [0.25, 0.3) is 0 Å². The number of nitrogens with one attached hydrogen (secondary N) is 1. The molecule has 1 saturated heterocycles. The van der Waals surface area contributed by atoms with Crippen LogP contribution in [-0.4, -0.2) is 24.1 Å². The van der Waals surface area contributed by atoms with Gasteiger partial charge in [-0.2, -0.15) is 11.8 Å². The first kappa shape index (κ1) is 14.8. The Labute approximate surface area is 118 Å². The first-order valence-corrected chi connectivity index (χ1v) is 8.10. The zero-order valence-corrected chi connectivity index (χ0v) is 12.1. The van der Waals surface area contributed by atoms with E-state index in [0.717, 1.165) is 30.3 Å². The van der Waals surface area contributed by atoms with E-state index in [2.05, 4.69) is 12.2 Å². The highest BCUT2D eigenvalue weighted by Gasteiger charge is 2.25. The van der Waals surface area contributed by atoms with Gasteiger partial charge in [-0.25, -0.2) is 8.78 Å². The van der Waals surface area contributed by atoms with Crippen LogP contribution >= 0.6 is 11.8 Å². The molecule has 0 bridgehead atoms. The highest BCUT2D eigenvalue weighted by Crippen LogP contribution is 2.28. The van der Waals surface area contributed by atoms with Crippen molar-refractivity contribution in [2.24, 2.45) is 5.92 Å². The van der Waals surface area contributed by atoms with Crippen LogP contribution < -0.4 is 5.32 Å². The molecule has 0 radical (unpaired) electrons. The van der Waals surface area contributed by atoms with Crippen LogP contribution in [0.1, 0.15) is 25.3 Å². The van der Waals surface area contributed by atoms with Crippen LogP contribution in [0.15, 0.2) is 18.2 Å². The second kappa shape index (κ2) is 7.25. The molecule has 19 heavy (non-hydrogen) atoms. The molecule has 1 N–H and O–H groups in total. The van der Waals surface area contributed by atoms with Crippen LogP contribution in [-0.2, 0) is 6.42 Å². The maximum absolute atomic E-state index is 13.2. The number of rotatable bonds is 6. The average Bonchev–Trinajstić information content (AvgIpc) is 2.87. The Bertz CT molecular complexity index is 385. The maximum atomic E-state index is 13.2. The molecule has 2 atom stereocenters. The van der Waals surface area contributed by atoms with Gasteiger partial charge < -0.3 is 5.32 Å². The van der Waals surface area contributed by atoms with E-state index in [1.807, 2.05) is 11.8 Å². The molecule has 1 aromatic carbocycles. The van der Waals surface area contributed by atoms with Crippen molar-refractivity contribution in [3.63, 3.8) is 0 Å². The van der Waals surface area contributed by atoms with E-state index in [-0.39, 0.29) is 0 Å². The highest BCUT2D eigenvalue weighted by atomic mass is 32.2. The lowest BCUT2D eigenvalue weighted by Crippen LogP contribution is -2.38. The fourth-order valence-electron chi connectivity index (χ4n) is 2.59. The Balaban J connectivity index is 2.05. The first-order chi connectivity index (χ1) is 9.19. The third-order valence-corrected chi connectivity index (χ3v) is 4.76. The molecule has 1 fully saturated rings. The van der Waals surface area contributed by atoms with E-state index in [4.69, 9.17) is 0 Å². The van der Waals surface area contributed by atoms with Crippen molar-refractivity contribution >= 4 is 11.8 Å². The number of benzene rings is 1. The van der Waals surface area contributed by atoms with E-state index in [0.29, 0.717) is 18.4 Å². The predicted molar refractivity (Wildman–Crippen MR) is 77.6 cm³/mol. The Morgan fingerprint density at radius 1 is 1.32 bits per heavy atom. The van der Waals surface area contributed by atoms with Crippen molar-refractivity contribution in [3.05, 3.63) is 35.4 Å². The molecule has 1 nitrogen and oxygen atoms in total. The standard InChI is InChI=1S/C15H21F2NS/c1-2-4-18-15(12-3-5-19-10-12)8-11-6-13(16)9-14(17)7-11/h6-7,9,12,15,18H,2-5,8,10H2,1H3. The molecule has 106 valence electrons. The van der Waals surface area contributed by atoms with Gasteiger partial charge in [-0.3, -0.25) is 0 Å². The van der Waals surface area contributed by atoms with Crippen molar-refractivity contribution in [2.45, 2.75) is 32.2 Å². The van der Waals surface area contributed by atoms with Crippen molar-refractivity contribution in [2.75, 3.05) is 18.1 Å². The van der Waals surface area contributed by atoms with E-state index in [9.17, 15) is 8.78 Å². The van der Waals surface area contributed by atoms with E-state index in [1.54, 1.807) is 0 Å². The van der Waals surface area contributed by atoms with Gasteiger partial charge in [0.15, 0.2) is 0 Å². The van der Waals surface area contributed by atoms with Crippen molar-refractivity contribution in [1.29, 1.82) is 0 Å². The Morgan fingerprint density at radius 3 is 2.63 bits per heavy atom.